The van der Waals surface area contributed by atoms with Crippen molar-refractivity contribution in [1.82, 2.24) is 0 Å². The third kappa shape index (κ3) is 3.32. The second kappa shape index (κ2) is 5.46. The van der Waals surface area contributed by atoms with Crippen LogP contribution >= 0.6 is 12.2 Å². The van der Waals surface area contributed by atoms with Gasteiger partial charge in [-0.3, -0.25) is 0 Å². The molecule has 0 aliphatic rings. The third-order valence-corrected chi connectivity index (χ3v) is 2.02. The molecule has 0 bridgehead atoms. The zero-order valence-corrected chi connectivity index (χ0v) is 9.23. The lowest BCUT2D eigenvalue weighted by atomic mass is 10.3. The lowest BCUT2D eigenvalue weighted by Crippen LogP contribution is -2.14. The van der Waals surface area contributed by atoms with E-state index in [0.29, 0.717) is 23.0 Å². The number of hydrogen-bond acceptors (Lipinski definition) is 2. The van der Waals surface area contributed by atoms with Crippen molar-refractivity contribution in [3.05, 3.63) is 42.4 Å². The quantitative estimate of drug-likeness (QED) is 0.483. The van der Waals surface area contributed by atoms with Crippen molar-refractivity contribution in [2.24, 2.45) is 0 Å². The fourth-order valence-corrected chi connectivity index (χ4v) is 1.16. The Hall–Kier alpha value is -1.42. The van der Waals surface area contributed by atoms with Crippen molar-refractivity contribution >= 4 is 22.9 Å². The Kier molecular flexibility index (Phi) is 4.24. The number of para-hydroxylation sites is 1. The Morgan fingerprint density at radius 3 is 2.80 bits per heavy atom. The molecule has 0 spiro atoms. The first-order chi connectivity index (χ1) is 7.15. The molecule has 0 atom stereocenters. The number of ether oxygens (including phenoxy) is 1. The molecule has 0 aromatic heterocycles. The number of anilines is 1. The van der Waals surface area contributed by atoms with E-state index in [2.05, 4.69) is 11.9 Å². The maximum absolute atomic E-state index is 13.2. The minimum absolute atomic E-state index is 0.293. The van der Waals surface area contributed by atoms with Crippen molar-refractivity contribution in [3.8, 4) is 0 Å². The van der Waals surface area contributed by atoms with Crippen LogP contribution in [0.2, 0.25) is 0 Å². The molecule has 0 unspecified atom stereocenters. The van der Waals surface area contributed by atoms with Gasteiger partial charge >= 0.3 is 0 Å². The predicted octanol–water partition coefficient (Wildman–Crippen LogP) is 3.12. The third-order valence-electron chi connectivity index (χ3n) is 1.69. The van der Waals surface area contributed by atoms with Crippen LogP contribution in [0.1, 0.15) is 6.92 Å². The van der Waals surface area contributed by atoms with E-state index in [1.807, 2.05) is 6.92 Å². The molecule has 1 aromatic rings. The number of hydrogen-bond donors (Lipinski definition) is 1. The van der Waals surface area contributed by atoms with E-state index in [9.17, 15) is 4.39 Å². The fourth-order valence-electron chi connectivity index (χ4n) is 0.994. The molecule has 15 heavy (non-hydrogen) atoms. The van der Waals surface area contributed by atoms with Gasteiger partial charge in [-0.2, -0.15) is 0 Å². The van der Waals surface area contributed by atoms with E-state index >= 15 is 0 Å². The number of benzene rings is 1. The molecule has 0 saturated heterocycles. The molecular weight excluding hydrogens is 213 g/mol. The SMILES string of the molecule is C=C(OCC)C(=S)Nc1ccccc1F. The van der Waals surface area contributed by atoms with Gasteiger partial charge in [0, 0.05) is 0 Å². The Bertz CT molecular complexity index is 379. The van der Waals surface area contributed by atoms with Crippen LogP contribution in [0.25, 0.3) is 0 Å². The van der Waals surface area contributed by atoms with Gasteiger partial charge in [-0.1, -0.05) is 30.9 Å². The molecule has 0 radical (unpaired) electrons. The number of rotatable bonds is 4. The average Bonchev–Trinajstić information content (AvgIpc) is 2.21. The predicted molar refractivity (Wildman–Crippen MR) is 63.4 cm³/mol. The van der Waals surface area contributed by atoms with Gasteiger partial charge in [-0.15, -0.1) is 0 Å². The average molecular weight is 225 g/mol. The molecule has 0 fully saturated rings. The second-order valence-electron chi connectivity index (χ2n) is 2.79. The van der Waals surface area contributed by atoms with Crippen LogP contribution < -0.4 is 5.32 Å². The number of thiocarbonyl (C=S) groups is 1. The van der Waals surface area contributed by atoms with E-state index in [0.717, 1.165) is 0 Å². The van der Waals surface area contributed by atoms with Crippen LogP contribution in [0, 0.1) is 5.82 Å². The Balaban J connectivity index is 2.67. The summed E-state index contributed by atoms with van der Waals surface area (Å²) in [4.78, 5) is 0.293. The highest BCUT2D eigenvalue weighted by atomic mass is 32.1. The van der Waals surface area contributed by atoms with Crippen molar-refractivity contribution in [3.63, 3.8) is 0 Å². The molecule has 0 amide bonds. The van der Waals surface area contributed by atoms with E-state index in [4.69, 9.17) is 17.0 Å². The topological polar surface area (TPSA) is 21.3 Å². The normalized spacial score (nSPS) is 9.47. The highest BCUT2D eigenvalue weighted by Crippen LogP contribution is 2.13. The van der Waals surface area contributed by atoms with Gasteiger partial charge in [0.05, 0.1) is 12.3 Å². The first kappa shape index (κ1) is 11.7. The molecule has 0 aliphatic heterocycles. The molecule has 4 heteroatoms. The molecule has 1 aromatic carbocycles. The van der Waals surface area contributed by atoms with Crippen LogP contribution in [0.3, 0.4) is 0 Å². The molecule has 0 aliphatic carbocycles. The van der Waals surface area contributed by atoms with Gasteiger partial charge in [0.15, 0.2) is 0 Å². The van der Waals surface area contributed by atoms with Crippen molar-refractivity contribution < 1.29 is 9.13 Å². The molecule has 2 nitrogen and oxygen atoms in total. The monoisotopic (exact) mass is 225 g/mol. The summed E-state index contributed by atoms with van der Waals surface area (Å²) in [5, 5.41) is 2.73. The summed E-state index contributed by atoms with van der Waals surface area (Å²) in [5.41, 5.74) is 0.323. The van der Waals surface area contributed by atoms with Gasteiger partial charge in [-0.25, -0.2) is 4.39 Å². The summed E-state index contributed by atoms with van der Waals surface area (Å²) in [6.07, 6.45) is 0. The van der Waals surface area contributed by atoms with Crippen LogP contribution in [0.5, 0.6) is 0 Å². The highest BCUT2D eigenvalue weighted by molar-refractivity contribution is 7.81. The molecule has 0 heterocycles. The highest BCUT2D eigenvalue weighted by Gasteiger charge is 2.06. The fraction of sp³-hybridized carbons (Fsp3) is 0.182. The van der Waals surface area contributed by atoms with Crippen LogP contribution in [-0.4, -0.2) is 11.6 Å². The zero-order valence-electron chi connectivity index (χ0n) is 8.42. The minimum atomic E-state index is -0.357. The second-order valence-corrected chi connectivity index (χ2v) is 3.20. The molecule has 1 N–H and O–H groups in total. The standard InChI is InChI=1S/C11H12FNOS/c1-3-14-8(2)11(15)13-10-7-5-4-6-9(10)12/h4-7H,2-3H2,1H3,(H,13,15). The smallest absolute Gasteiger partial charge is 0.146 e. The maximum Gasteiger partial charge on any atom is 0.146 e. The van der Waals surface area contributed by atoms with E-state index < -0.39 is 0 Å². The molecule has 80 valence electrons. The van der Waals surface area contributed by atoms with E-state index in [-0.39, 0.29) is 5.82 Å². The van der Waals surface area contributed by atoms with Crippen LogP contribution in [0.15, 0.2) is 36.6 Å². The van der Waals surface area contributed by atoms with Gasteiger partial charge in [0.25, 0.3) is 0 Å². The number of nitrogens with one attached hydrogen (secondary N) is 1. The van der Waals surface area contributed by atoms with Crippen molar-refractivity contribution in [2.75, 3.05) is 11.9 Å². The first-order valence-corrected chi connectivity index (χ1v) is 4.93. The van der Waals surface area contributed by atoms with Gasteiger partial charge in [0.1, 0.15) is 16.6 Å². The van der Waals surface area contributed by atoms with Crippen molar-refractivity contribution in [2.45, 2.75) is 6.92 Å². The van der Waals surface area contributed by atoms with Crippen LogP contribution in [0.4, 0.5) is 10.1 Å². The van der Waals surface area contributed by atoms with Crippen molar-refractivity contribution in [1.29, 1.82) is 0 Å². The van der Waals surface area contributed by atoms with E-state index in [1.54, 1.807) is 18.2 Å². The maximum atomic E-state index is 13.2. The lowest BCUT2D eigenvalue weighted by Gasteiger charge is -2.11. The summed E-state index contributed by atoms with van der Waals surface area (Å²) < 4.78 is 18.3. The summed E-state index contributed by atoms with van der Waals surface area (Å²) in [5.74, 6) is -0.0140. The molecule has 1 rings (SSSR count). The molecule has 0 saturated carbocycles. The van der Waals surface area contributed by atoms with Crippen LogP contribution in [-0.2, 0) is 4.74 Å². The van der Waals surface area contributed by atoms with Gasteiger partial charge in [-0.05, 0) is 19.1 Å². The minimum Gasteiger partial charge on any atom is -0.491 e. The lowest BCUT2D eigenvalue weighted by molar-refractivity contribution is 0.252. The Labute approximate surface area is 93.8 Å². The Morgan fingerprint density at radius 1 is 1.53 bits per heavy atom. The summed E-state index contributed by atoms with van der Waals surface area (Å²) in [7, 11) is 0. The largest absolute Gasteiger partial charge is 0.491 e. The summed E-state index contributed by atoms with van der Waals surface area (Å²) in [6, 6.07) is 6.29. The molecular formula is C11H12FNOS. The first-order valence-electron chi connectivity index (χ1n) is 4.52. The number of halogens is 1. The summed E-state index contributed by atoms with van der Waals surface area (Å²) >= 11 is 4.98. The van der Waals surface area contributed by atoms with E-state index in [1.165, 1.54) is 6.07 Å². The Morgan fingerprint density at radius 2 is 2.20 bits per heavy atom. The summed E-state index contributed by atoms with van der Waals surface area (Å²) in [6.45, 7) is 5.94. The van der Waals surface area contributed by atoms with Gasteiger partial charge < -0.3 is 10.1 Å². The zero-order chi connectivity index (χ0) is 11.3. The van der Waals surface area contributed by atoms with Gasteiger partial charge in [0.2, 0.25) is 0 Å².